The molecule has 0 radical (unpaired) electrons. The molecule has 3 heterocycles. The van der Waals surface area contributed by atoms with Gasteiger partial charge < -0.3 is 9.84 Å². The smallest absolute Gasteiger partial charge is 0.429 e. The van der Waals surface area contributed by atoms with E-state index in [2.05, 4.69) is 20.1 Å². The van der Waals surface area contributed by atoms with E-state index in [9.17, 15) is 27.9 Å². The van der Waals surface area contributed by atoms with Crippen molar-refractivity contribution in [3.05, 3.63) is 100 Å². The van der Waals surface area contributed by atoms with E-state index in [1.165, 1.54) is 67.0 Å². The SMILES string of the molecule is Cc1nccnc1-c1[nH]n2c(=O)cc(-c3ccc(OC(c4ccccc4)C(F)(F)F)cc3)nc2c1C(=O)O. The van der Waals surface area contributed by atoms with Crippen LogP contribution in [0.15, 0.2) is 77.9 Å². The van der Waals surface area contributed by atoms with E-state index in [4.69, 9.17) is 4.74 Å². The molecule has 0 saturated heterocycles. The molecule has 12 heteroatoms. The van der Waals surface area contributed by atoms with Crippen LogP contribution in [0.1, 0.15) is 27.7 Å². The first-order valence-corrected chi connectivity index (χ1v) is 11.2. The van der Waals surface area contributed by atoms with E-state index in [1.54, 1.807) is 13.0 Å². The number of fused-ring (bicyclic) bond motifs is 1. The quantitative estimate of drug-likeness (QED) is 0.328. The highest BCUT2D eigenvalue weighted by Crippen LogP contribution is 2.37. The number of hydrogen-bond acceptors (Lipinski definition) is 6. The largest absolute Gasteiger partial charge is 0.477 e. The van der Waals surface area contributed by atoms with Crippen LogP contribution in [0.25, 0.3) is 28.3 Å². The summed E-state index contributed by atoms with van der Waals surface area (Å²) in [4.78, 5) is 37.7. The molecule has 1 unspecified atom stereocenters. The predicted octanol–water partition coefficient (Wildman–Crippen LogP) is 4.84. The molecule has 9 nitrogen and oxygen atoms in total. The maximum absolute atomic E-state index is 13.6. The number of hydrogen-bond donors (Lipinski definition) is 2. The molecule has 38 heavy (non-hydrogen) atoms. The van der Waals surface area contributed by atoms with Crippen molar-refractivity contribution in [2.45, 2.75) is 19.2 Å². The lowest BCUT2D eigenvalue weighted by Gasteiger charge is -2.22. The number of ether oxygens (including phenoxy) is 1. The van der Waals surface area contributed by atoms with Crippen LogP contribution in [-0.2, 0) is 0 Å². The summed E-state index contributed by atoms with van der Waals surface area (Å²) in [5.74, 6) is -1.39. The maximum atomic E-state index is 13.6. The van der Waals surface area contributed by atoms with Crippen LogP contribution in [0.5, 0.6) is 5.75 Å². The number of carboxylic acid groups (broad SMARTS) is 1. The number of halogens is 3. The van der Waals surface area contributed by atoms with Crippen molar-refractivity contribution in [1.82, 2.24) is 24.6 Å². The standard InChI is InChI=1S/C26H18F3N5O4/c1-14-21(31-12-11-30-14)22-20(25(36)37)24-32-18(13-19(35)34(24)33-22)15-7-9-17(10-8-15)38-23(26(27,28)29)16-5-3-2-4-6-16/h2-13,23,33H,1H3,(H,36,37). The number of carbonyl (C=O) groups is 1. The van der Waals surface area contributed by atoms with Crippen molar-refractivity contribution < 1.29 is 27.8 Å². The number of nitrogens with one attached hydrogen (secondary N) is 1. The topological polar surface area (TPSA) is 122 Å². The van der Waals surface area contributed by atoms with Gasteiger partial charge in [-0.2, -0.15) is 13.2 Å². The molecule has 192 valence electrons. The average Bonchev–Trinajstić information content (AvgIpc) is 3.28. The average molecular weight is 521 g/mol. The monoisotopic (exact) mass is 521 g/mol. The van der Waals surface area contributed by atoms with Gasteiger partial charge in [-0.3, -0.25) is 19.9 Å². The van der Waals surface area contributed by atoms with Crippen molar-refractivity contribution in [2.24, 2.45) is 0 Å². The third kappa shape index (κ3) is 4.59. The Balaban J connectivity index is 1.53. The van der Waals surface area contributed by atoms with Crippen LogP contribution in [0, 0.1) is 6.92 Å². The van der Waals surface area contributed by atoms with Gasteiger partial charge in [0.2, 0.25) is 6.10 Å². The van der Waals surface area contributed by atoms with Crippen LogP contribution in [0.2, 0.25) is 0 Å². The Morgan fingerprint density at radius 1 is 1.05 bits per heavy atom. The lowest BCUT2D eigenvalue weighted by Crippen LogP contribution is -2.26. The van der Waals surface area contributed by atoms with E-state index in [0.717, 1.165) is 4.52 Å². The van der Waals surface area contributed by atoms with E-state index in [0.29, 0.717) is 11.3 Å². The fraction of sp³-hybridized carbons (Fsp3) is 0.115. The summed E-state index contributed by atoms with van der Waals surface area (Å²) in [6.07, 6.45) is -3.97. The molecule has 0 spiro atoms. The number of benzene rings is 2. The fourth-order valence-electron chi connectivity index (χ4n) is 4.00. The summed E-state index contributed by atoms with van der Waals surface area (Å²) in [5.41, 5.74) is 0.177. The van der Waals surface area contributed by atoms with Gasteiger partial charge in [-0.15, -0.1) is 0 Å². The number of aromatic amines is 1. The van der Waals surface area contributed by atoms with Crippen molar-refractivity contribution in [3.8, 4) is 28.4 Å². The second-order valence-corrected chi connectivity index (χ2v) is 8.27. The van der Waals surface area contributed by atoms with Gasteiger partial charge in [0, 0.05) is 29.6 Å². The highest BCUT2D eigenvalue weighted by molar-refractivity contribution is 6.01. The number of aromatic nitrogens is 5. The third-order valence-electron chi connectivity index (χ3n) is 5.75. The Kier molecular flexibility index (Phi) is 6.15. The van der Waals surface area contributed by atoms with E-state index >= 15 is 0 Å². The molecule has 3 aromatic heterocycles. The maximum Gasteiger partial charge on any atom is 0.429 e. The van der Waals surface area contributed by atoms with Crippen LogP contribution in [0.4, 0.5) is 13.2 Å². The van der Waals surface area contributed by atoms with E-state index in [1.807, 2.05) is 0 Å². The third-order valence-corrected chi connectivity index (χ3v) is 5.75. The Labute approximate surface area is 212 Å². The second-order valence-electron chi connectivity index (χ2n) is 8.27. The summed E-state index contributed by atoms with van der Waals surface area (Å²) < 4.78 is 47.2. The molecular formula is C26H18F3N5O4. The van der Waals surface area contributed by atoms with Gasteiger partial charge in [-0.05, 0) is 31.2 Å². The molecule has 0 fully saturated rings. The predicted molar refractivity (Wildman–Crippen MR) is 130 cm³/mol. The zero-order valence-corrected chi connectivity index (χ0v) is 19.6. The zero-order chi connectivity index (χ0) is 27.0. The van der Waals surface area contributed by atoms with Crippen LogP contribution in [0.3, 0.4) is 0 Å². The lowest BCUT2D eigenvalue weighted by atomic mass is 10.1. The van der Waals surface area contributed by atoms with Crippen molar-refractivity contribution >= 4 is 11.6 Å². The summed E-state index contributed by atoms with van der Waals surface area (Å²) in [6, 6.07) is 13.9. The molecular weight excluding hydrogens is 503 g/mol. The first-order chi connectivity index (χ1) is 18.1. The number of alkyl halides is 3. The Bertz CT molecular complexity index is 1700. The molecule has 2 N–H and O–H groups in total. The molecule has 5 rings (SSSR count). The summed E-state index contributed by atoms with van der Waals surface area (Å²) in [6.45, 7) is 1.64. The Morgan fingerprint density at radius 3 is 2.37 bits per heavy atom. The Hall–Kier alpha value is -5.00. The van der Waals surface area contributed by atoms with Gasteiger partial charge in [-0.1, -0.05) is 30.3 Å². The highest BCUT2D eigenvalue weighted by atomic mass is 19.4. The highest BCUT2D eigenvalue weighted by Gasteiger charge is 2.43. The van der Waals surface area contributed by atoms with Crippen molar-refractivity contribution in [1.29, 1.82) is 0 Å². The number of aromatic carboxylic acids is 1. The van der Waals surface area contributed by atoms with Gasteiger partial charge in [0.25, 0.3) is 5.56 Å². The van der Waals surface area contributed by atoms with Gasteiger partial charge in [0.15, 0.2) is 5.65 Å². The molecule has 0 aliphatic heterocycles. The van der Waals surface area contributed by atoms with E-state index < -0.39 is 23.8 Å². The van der Waals surface area contributed by atoms with Crippen molar-refractivity contribution in [3.63, 3.8) is 0 Å². The van der Waals surface area contributed by atoms with E-state index in [-0.39, 0.29) is 39.6 Å². The van der Waals surface area contributed by atoms with Gasteiger partial charge >= 0.3 is 12.1 Å². The van der Waals surface area contributed by atoms with Gasteiger partial charge in [-0.25, -0.2) is 14.3 Å². The number of H-pyrrole nitrogens is 1. The van der Waals surface area contributed by atoms with Crippen LogP contribution in [-0.4, -0.2) is 41.8 Å². The molecule has 2 aromatic carbocycles. The first kappa shape index (κ1) is 24.7. The molecule has 0 amide bonds. The molecule has 1 atom stereocenters. The number of rotatable bonds is 6. The lowest BCUT2D eigenvalue weighted by molar-refractivity contribution is -0.198. The molecule has 0 saturated carbocycles. The van der Waals surface area contributed by atoms with Gasteiger partial charge in [0.1, 0.15) is 22.7 Å². The van der Waals surface area contributed by atoms with Crippen LogP contribution < -0.4 is 10.3 Å². The normalized spacial score (nSPS) is 12.4. The zero-order valence-electron chi connectivity index (χ0n) is 19.6. The second kappa shape index (κ2) is 9.47. The van der Waals surface area contributed by atoms with Crippen LogP contribution >= 0.6 is 0 Å². The van der Waals surface area contributed by atoms with Gasteiger partial charge in [0.05, 0.1) is 11.4 Å². The summed E-state index contributed by atoms with van der Waals surface area (Å²) in [7, 11) is 0. The number of carboxylic acids is 1. The minimum atomic E-state index is -4.65. The summed E-state index contributed by atoms with van der Waals surface area (Å²) >= 11 is 0. The molecule has 0 aliphatic rings. The molecule has 5 aromatic rings. The number of aryl methyl sites for hydroxylation is 1. The number of nitrogens with zero attached hydrogens (tertiary/aromatic N) is 4. The molecule has 0 bridgehead atoms. The molecule has 0 aliphatic carbocycles. The fourth-order valence-corrected chi connectivity index (χ4v) is 4.00. The minimum Gasteiger partial charge on any atom is -0.477 e. The summed E-state index contributed by atoms with van der Waals surface area (Å²) in [5, 5.41) is 12.6. The first-order valence-electron chi connectivity index (χ1n) is 11.2. The Morgan fingerprint density at radius 2 is 1.74 bits per heavy atom. The van der Waals surface area contributed by atoms with Crippen molar-refractivity contribution in [2.75, 3.05) is 0 Å². The minimum absolute atomic E-state index is 0.0491.